The molecule has 0 aliphatic heterocycles. The van der Waals surface area contributed by atoms with Gasteiger partial charge in [-0.05, 0) is 115 Å². The second-order valence-electron chi connectivity index (χ2n) is 13.7. The van der Waals surface area contributed by atoms with Crippen LogP contribution in [-0.2, 0) is 0 Å². The number of fused-ring (bicyclic) bond motifs is 6. The predicted molar refractivity (Wildman–Crippen MR) is 214 cm³/mol. The van der Waals surface area contributed by atoms with Crippen LogP contribution in [-0.4, -0.2) is 22.3 Å². The van der Waals surface area contributed by atoms with Gasteiger partial charge >= 0.3 is 0 Å². The first-order valence-electron chi connectivity index (χ1n) is 18.5. The summed E-state index contributed by atoms with van der Waals surface area (Å²) in [6, 6.07) is 48.8. The summed E-state index contributed by atoms with van der Waals surface area (Å²) in [5.41, 5.74) is 12.6. The second kappa shape index (κ2) is 13.2. The molecule has 0 saturated carbocycles. The van der Waals surface area contributed by atoms with Gasteiger partial charge in [-0.25, -0.2) is 0 Å². The Hall–Kier alpha value is -5.74. The highest BCUT2D eigenvalue weighted by Crippen LogP contribution is 2.42. The molecule has 1 aliphatic carbocycles. The summed E-state index contributed by atoms with van der Waals surface area (Å²) in [7, 11) is 0. The highest BCUT2D eigenvalue weighted by atomic mass is 16.5. The van der Waals surface area contributed by atoms with E-state index in [9.17, 15) is 0 Å². The minimum atomic E-state index is 0.718. The van der Waals surface area contributed by atoms with Crippen molar-refractivity contribution >= 4 is 54.8 Å². The van der Waals surface area contributed by atoms with Gasteiger partial charge < -0.3 is 18.6 Å². The van der Waals surface area contributed by atoms with Crippen LogP contribution in [0.5, 0.6) is 11.5 Å². The molecule has 51 heavy (non-hydrogen) atoms. The van der Waals surface area contributed by atoms with Crippen LogP contribution in [0.25, 0.3) is 66.1 Å². The van der Waals surface area contributed by atoms with Crippen LogP contribution in [0, 0.1) is 0 Å². The third-order valence-electron chi connectivity index (χ3n) is 10.4. The van der Waals surface area contributed by atoms with E-state index in [4.69, 9.17) is 9.47 Å². The Labute approximate surface area is 299 Å². The van der Waals surface area contributed by atoms with Crippen LogP contribution < -0.4 is 9.47 Å². The number of rotatable bonds is 10. The van der Waals surface area contributed by atoms with Gasteiger partial charge in [0.25, 0.3) is 0 Å². The van der Waals surface area contributed by atoms with Crippen molar-refractivity contribution in [2.24, 2.45) is 0 Å². The first kappa shape index (κ1) is 31.3. The lowest BCUT2D eigenvalue weighted by molar-refractivity contribution is 0.317. The zero-order valence-electron chi connectivity index (χ0n) is 29.4. The number of allylic oxidation sites excluding steroid dienone is 2. The van der Waals surface area contributed by atoms with Crippen molar-refractivity contribution in [3.05, 3.63) is 145 Å². The molecule has 0 spiro atoms. The third-order valence-corrected chi connectivity index (χ3v) is 10.4. The average Bonchev–Trinajstić information content (AvgIpc) is 3.89. The van der Waals surface area contributed by atoms with Gasteiger partial charge in [0.2, 0.25) is 0 Å². The van der Waals surface area contributed by atoms with Gasteiger partial charge in [0.05, 0.1) is 35.3 Å². The molecule has 4 nitrogen and oxygen atoms in total. The number of benzene rings is 6. The molecule has 4 heteroatoms. The fourth-order valence-electron chi connectivity index (χ4n) is 8.08. The monoisotopic (exact) mass is 666 g/mol. The van der Waals surface area contributed by atoms with Crippen LogP contribution in [0.15, 0.2) is 133 Å². The van der Waals surface area contributed by atoms with Gasteiger partial charge in [-0.1, -0.05) is 74.5 Å². The fourth-order valence-corrected chi connectivity index (χ4v) is 8.08. The number of hydrogen-bond acceptors (Lipinski definition) is 2. The molecule has 9 rings (SSSR count). The normalized spacial score (nSPS) is 13.3. The van der Waals surface area contributed by atoms with Crippen molar-refractivity contribution in [1.29, 1.82) is 0 Å². The smallest absolute Gasteiger partial charge is 0.121 e. The Bertz CT molecular complexity index is 2390. The Morgan fingerprint density at radius 3 is 1.29 bits per heavy atom. The topological polar surface area (TPSA) is 28.3 Å². The van der Waals surface area contributed by atoms with E-state index in [1.54, 1.807) is 0 Å². The molecule has 0 amide bonds. The number of para-hydroxylation sites is 2. The molecule has 0 saturated heterocycles. The number of aromatic nitrogens is 2. The van der Waals surface area contributed by atoms with E-state index in [0.717, 1.165) is 61.8 Å². The van der Waals surface area contributed by atoms with Gasteiger partial charge in [0.15, 0.2) is 0 Å². The van der Waals surface area contributed by atoms with Crippen LogP contribution in [0.1, 0.15) is 57.1 Å². The lowest BCUT2D eigenvalue weighted by Gasteiger charge is -2.13. The maximum absolute atomic E-state index is 6.05. The molecule has 0 fully saturated rings. The standard InChI is InChI=1S/C47H42N2O2/c1-3-28-50-36-24-26-42-40-10-5-7-14-44(40)48(46(42)30-36)34-20-16-32(17-21-34)38-12-9-13-39(38)33-18-22-35(23-19-33)49-45-15-8-6-11-41(45)43-27-25-37(31-47(43)49)51-29-4-2/h5-8,10-11,14-27,30-31H,3-4,9,12-13,28-29H2,1-2H3. The quantitative estimate of drug-likeness (QED) is 0.145. The van der Waals surface area contributed by atoms with E-state index in [1.807, 2.05) is 0 Å². The van der Waals surface area contributed by atoms with E-state index < -0.39 is 0 Å². The van der Waals surface area contributed by atoms with E-state index in [0.29, 0.717) is 0 Å². The van der Waals surface area contributed by atoms with Gasteiger partial charge in [-0.3, -0.25) is 0 Å². The van der Waals surface area contributed by atoms with Crippen molar-refractivity contribution < 1.29 is 9.47 Å². The molecule has 0 bridgehead atoms. The SMILES string of the molecule is CCCOc1ccc2c3ccccc3n(-c3ccc(C4=C(c5ccc(-n6c7ccccc7c7ccc(OCCC)cc76)cc5)CCC4)cc3)c2c1. The fraction of sp³-hybridized carbons (Fsp3) is 0.191. The molecule has 0 unspecified atom stereocenters. The molecule has 0 radical (unpaired) electrons. The summed E-state index contributed by atoms with van der Waals surface area (Å²) < 4.78 is 16.9. The van der Waals surface area contributed by atoms with Gasteiger partial charge in [-0.2, -0.15) is 0 Å². The van der Waals surface area contributed by atoms with Crippen LogP contribution in [0.2, 0.25) is 0 Å². The Morgan fingerprint density at radius 1 is 0.451 bits per heavy atom. The summed E-state index contributed by atoms with van der Waals surface area (Å²) in [4.78, 5) is 0. The summed E-state index contributed by atoms with van der Waals surface area (Å²) >= 11 is 0. The lowest BCUT2D eigenvalue weighted by atomic mass is 9.96. The first-order chi connectivity index (χ1) is 25.2. The van der Waals surface area contributed by atoms with Gasteiger partial charge in [-0.15, -0.1) is 0 Å². The van der Waals surface area contributed by atoms with Gasteiger partial charge in [0.1, 0.15) is 11.5 Å². The predicted octanol–water partition coefficient (Wildman–Crippen LogP) is 12.6. The minimum Gasteiger partial charge on any atom is -0.494 e. The molecule has 1 aliphatic rings. The first-order valence-corrected chi connectivity index (χ1v) is 18.5. The van der Waals surface area contributed by atoms with Crippen molar-refractivity contribution in [1.82, 2.24) is 9.13 Å². The zero-order valence-corrected chi connectivity index (χ0v) is 29.4. The molecular formula is C47H42N2O2. The van der Waals surface area contributed by atoms with Gasteiger partial charge in [0, 0.05) is 45.1 Å². The Kier molecular flexibility index (Phi) is 8.08. The molecule has 2 aromatic heterocycles. The van der Waals surface area contributed by atoms with Crippen molar-refractivity contribution in [2.75, 3.05) is 13.2 Å². The van der Waals surface area contributed by atoms with Crippen LogP contribution in [0.3, 0.4) is 0 Å². The molecule has 8 aromatic rings. The molecule has 252 valence electrons. The van der Waals surface area contributed by atoms with E-state index in [-0.39, 0.29) is 0 Å². The molecule has 0 atom stereocenters. The van der Waals surface area contributed by atoms with E-state index in [1.165, 1.54) is 72.3 Å². The number of nitrogens with zero attached hydrogens (tertiary/aromatic N) is 2. The second-order valence-corrected chi connectivity index (χ2v) is 13.7. The third kappa shape index (κ3) is 5.47. The minimum absolute atomic E-state index is 0.718. The summed E-state index contributed by atoms with van der Waals surface area (Å²) in [5, 5.41) is 5.01. The molecule has 0 N–H and O–H groups in total. The number of ether oxygens (including phenoxy) is 2. The summed E-state index contributed by atoms with van der Waals surface area (Å²) in [6.07, 6.45) is 5.34. The van der Waals surface area contributed by atoms with Crippen LogP contribution in [0.4, 0.5) is 0 Å². The zero-order chi connectivity index (χ0) is 34.3. The molecular weight excluding hydrogens is 625 g/mol. The Balaban J connectivity index is 1.07. The summed E-state index contributed by atoms with van der Waals surface area (Å²) in [5.74, 6) is 1.83. The Morgan fingerprint density at radius 2 is 0.863 bits per heavy atom. The molecule has 2 heterocycles. The maximum Gasteiger partial charge on any atom is 0.121 e. The van der Waals surface area contributed by atoms with Crippen molar-refractivity contribution in [2.45, 2.75) is 46.0 Å². The van der Waals surface area contributed by atoms with Crippen LogP contribution >= 0.6 is 0 Å². The largest absolute Gasteiger partial charge is 0.494 e. The molecule has 6 aromatic carbocycles. The van der Waals surface area contributed by atoms with E-state index in [2.05, 4.69) is 156 Å². The lowest BCUT2D eigenvalue weighted by Crippen LogP contribution is -1.97. The number of hydrogen-bond donors (Lipinski definition) is 0. The van der Waals surface area contributed by atoms with Crippen molar-refractivity contribution in [3.63, 3.8) is 0 Å². The summed E-state index contributed by atoms with van der Waals surface area (Å²) in [6.45, 7) is 5.72. The maximum atomic E-state index is 6.05. The average molecular weight is 667 g/mol. The van der Waals surface area contributed by atoms with Crippen molar-refractivity contribution in [3.8, 4) is 22.9 Å². The van der Waals surface area contributed by atoms with E-state index >= 15 is 0 Å². The highest BCUT2D eigenvalue weighted by molar-refractivity contribution is 6.10. The highest BCUT2D eigenvalue weighted by Gasteiger charge is 2.20.